The van der Waals surface area contributed by atoms with Gasteiger partial charge < -0.3 is 4.98 Å². The fraction of sp³-hybridized carbons (Fsp3) is 0. The SMILES string of the molecule is O=c1[nH]c2ccccc2c(=O)c2cnccc12. The molecule has 82 valence electrons. The molecular weight excluding hydrogens is 216 g/mol. The summed E-state index contributed by atoms with van der Waals surface area (Å²) in [6.07, 6.45) is 2.93. The van der Waals surface area contributed by atoms with Crippen molar-refractivity contribution in [1.29, 1.82) is 0 Å². The Morgan fingerprint density at radius 3 is 2.65 bits per heavy atom. The number of fused-ring (bicyclic) bond motifs is 2. The molecule has 0 atom stereocenters. The summed E-state index contributed by atoms with van der Waals surface area (Å²) in [6, 6.07) is 8.50. The molecule has 0 amide bonds. The third-order valence-corrected chi connectivity index (χ3v) is 2.73. The minimum atomic E-state index is -0.277. The van der Waals surface area contributed by atoms with E-state index in [-0.39, 0.29) is 11.0 Å². The molecule has 0 bridgehead atoms. The van der Waals surface area contributed by atoms with Crippen LogP contribution >= 0.6 is 0 Å². The molecule has 0 unspecified atom stereocenters. The smallest absolute Gasteiger partial charge is 0.256 e. The predicted octanol–water partition coefficient (Wildman–Crippen LogP) is 1.44. The van der Waals surface area contributed by atoms with Gasteiger partial charge >= 0.3 is 0 Å². The van der Waals surface area contributed by atoms with Gasteiger partial charge in [0.1, 0.15) is 0 Å². The van der Waals surface area contributed by atoms with Gasteiger partial charge in [0.25, 0.3) is 5.56 Å². The molecule has 0 fully saturated rings. The van der Waals surface area contributed by atoms with Gasteiger partial charge in [-0.1, -0.05) is 12.1 Å². The first kappa shape index (κ1) is 9.72. The quantitative estimate of drug-likeness (QED) is 0.628. The van der Waals surface area contributed by atoms with Gasteiger partial charge in [-0.25, -0.2) is 0 Å². The van der Waals surface area contributed by atoms with Crippen LogP contribution in [-0.2, 0) is 0 Å². The number of hydrogen-bond donors (Lipinski definition) is 1. The average molecular weight is 224 g/mol. The zero-order chi connectivity index (χ0) is 11.8. The van der Waals surface area contributed by atoms with Gasteiger partial charge in [-0.05, 0) is 18.2 Å². The fourth-order valence-corrected chi connectivity index (χ4v) is 1.90. The van der Waals surface area contributed by atoms with E-state index in [0.29, 0.717) is 21.7 Å². The van der Waals surface area contributed by atoms with Gasteiger partial charge in [0.05, 0.1) is 16.3 Å². The number of aromatic nitrogens is 2. The second-order valence-corrected chi connectivity index (χ2v) is 3.75. The molecule has 3 aromatic rings. The zero-order valence-corrected chi connectivity index (χ0v) is 8.81. The Hall–Kier alpha value is -2.49. The van der Waals surface area contributed by atoms with Crippen LogP contribution in [0.3, 0.4) is 0 Å². The monoisotopic (exact) mass is 224 g/mol. The number of rotatable bonds is 0. The third-order valence-electron chi connectivity index (χ3n) is 2.73. The number of benzene rings is 1. The molecular formula is C13H8N2O2. The van der Waals surface area contributed by atoms with E-state index in [1.807, 2.05) is 0 Å². The Labute approximate surface area is 95.6 Å². The fourth-order valence-electron chi connectivity index (χ4n) is 1.90. The number of nitrogens with zero attached hydrogens (tertiary/aromatic N) is 1. The first-order valence-electron chi connectivity index (χ1n) is 5.16. The second kappa shape index (κ2) is 3.52. The van der Waals surface area contributed by atoms with Crippen molar-refractivity contribution in [2.45, 2.75) is 0 Å². The molecule has 2 aromatic heterocycles. The number of aromatic amines is 1. The molecule has 4 nitrogen and oxygen atoms in total. The maximum Gasteiger partial charge on any atom is 0.256 e. The van der Waals surface area contributed by atoms with Crippen LogP contribution in [0.4, 0.5) is 0 Å². The summed E-state index contributed by atoms with van der Waals surface area (Å²) in [5, 5.41) is 1.20. The summed E-state index contributed by atoms with van der Waals surface area (Å²) in [7, 11) is 0. The Kier molecular flexibility index (Phi) is 2.01. The molecule has 0 aliphatic rings. The van der Waals surface area contributed by atoms with Crippen LogP contribution < -0.4 is 11.0 Å². The van der Waals surface area contributed by atoms with Crippen molar-refractivity contribution < 1.29 is 0 Å². The van der Waals surface area contributed by atoms with Crippen molar-refractivity contribution in [3.05, 3.63) is 63.3 Å². The van der Waals surface area contributed by atoms with Gasteiger partial charge in [-0.3, -0.25) is 14.6 Å². The van der Waals surface area contributed by atoms with Crippen LogP contribution in [0.1, 0.15) is 0 Å². The summed E-state index contributed by atoms with van der Waals surface area (Å²) in [5.41, 5.74) is 0.0847. The molecule has 0 aliphatic heterocycles. The van der Waals surface area contributed by atoms with Gasteiger partial charge in [0.2, 0.25) is 0 Å². The van der Waals surface area contributed by atoms with Gasteiger partial charge in [-0.15, -0.1) is 0 Å². The third kappa shape index (κ3) is 1.42. The highest BCUT2D eigenvalue weighted by atomic mass is 16.1. The summed E-state index contributed by atoms with van der Waals surface area (Å²) in [4.78, 5) is 30.8. The number of pyridine rings is 1. The van der Waals surface area contributed by atoms with E-state index in [2.05, 4.69) is 9.97 Å². The summed E-state index contributed by atoms with van der Waals surface area (Å²) in [5.74, 6) is 0. The van der Waals surface area contributed by atoms with Gasteiger partial charge in [0, 0.05) is 17.8 Å². The minimum absolute atomic E-state index is 0.179. The van der Waals surface area contributed by atoms with Crippen molar-refractivity contribution in [1.82, 2.24) is 9.97 Å². The molecule has 0 aliphatic carbocycles. The second-order valence-electron chi connectivity index (χ2n) is 3.75. The first-order valence-corrected chi connectivity index (χ1v) is 5.16. The van der Waals surface area contributed by atoms with Crippen molar-refractivity contribution >= 4 is 21.7 Å². The topological polar surface area (TPSA) is 62.8 Å². The van der Waals surface area contributed by atoms with Crippen LogP contribution in [0.5, 0.6) is 0 Å². The summed E-state index contributed by atoms with van der Waals surface area (Å²) in [6.45, 7) is 0. The molecule has 0 spiro atoms. The standard InChI is InChI=1S/C13H8N2O2/c16-12-9-3-1-2-4-11(9)15-13(17)8-5-6-14-7-10(8)12/h1-7H,(H,15,17). The molecule has 0 radical (unpaired) electrons. The number of para-hydroxylation sites is 1. The van der Waals surface area contributed by atoms with E-state index in [4.69, 9.17) is 0 Å². The Morgan fingerprint density at radius 2 is 1.76 bits per heavy atom. The predicted molar refractivity (Wildman–Crippen MR) is 66.1 cm³/mol. The van der Waals surface area contributed by atoms with E-state index in [1.165, 1.54) is 12.4 Å². The highest BCUT2D eigenvalue weighted by Crippen LogP contribution is 2.08. The molecule has 3 rings (SSSR count). The normalized spacial score (nSPS) is 10.8. The first-order chi connectivity index (χ1) is 8.27. The van der Waals surface area contributed by atoms with E-state index < -0.39 is 0 Å². The lowest BCUT2D eigenvalue weighted by Gasteiger charge is -1.88. The highest BCUT2D eigenvalue weighted by Gasteiger charge is 2.04. The number of hydrogen-bond acceptors (Lipinski definition) is 3. The van der Waals surface area contributed by atoms with E-state index in [9.17, 15) is 9.59 Å². The van der Waals surface area contributed by atoms with E-state index >= 15 is 0 Å². The zero-order valence-electron chi connectivity index (χ0n) is 8.81. The number of H-pyrrole nitrogens is 1. The highest BCUT2D eigenvalue weighted by molar-refractivity contribution is 5.89. The van der Waals surface area contributed by atoms with Crippen molar-refractivity contribution in [2.75, 3.05) is 0 Å². The molecule has 1 aromatic carbocycles. The maximum atomic E-state index is 12.2. The van der Waals surface area contributed by atoms with Crippen LogP contribution in [0.2, 0.25) is 0 Å². The van der Waals surface area contributed by atoms with Gasteiger partial charge in [-0.2, -0.15) is 0 Å². The number of nitrogens with one attached hydrogen (secondary N) is 1. The Bertz CT molecular complexity index is 837. The summed E-state index contributed by atoms with van der Waals surface area (Å²) < 4.78 is 0. The summed E-state index contributed by atoms with van der Waals surface area (Å²) >= 11 is 0. The lowest BCUT2D eigenvalue weighted by atomic mass is 10.2. The van der Waals surface area contributed by atoms with Crippen LogP contribution in [0.15, 0.2) is 52.3 Å². The van der Waals surface area contributed by atoms with E-state index in [0.717, 1.165) is 0 Å². The molecule has 0 saturated heterocycles. The Morgan fingerprint density at radius 1 is 0.941 bits per heavy atom. The van der Waals surface area contributed by atoms with E-state index in [1.54, 1.807) is 30.3 Å². The average Bonchev–Trinajstić information content (AvgIpc) is 2.48. The van der Waals surface area contributed by atoms with Gasteiger partial charge in [0.15, 0.2) is 5.43 Å². The van der Waals surface area contributed by atoms with Crippen molar-refractivity contribution in [2.24, 2.45) is 0 Å². The van der Waals surface area contributed by atoms with Crippen LogP contribution in [0.25, 0.3) is 21.7 Å². The van der Waals surface area contributed by atoms with Crippen LogP contribution in [-0.4, -0.2) is 9.97 Å². The van der Waals surface area contributed by atoms with Crippen molar-refractivity contribution in [3.63, 3.8) is 0 Å². The largest absolute Gasteiger partial charge is 0.321 e. The maximum absolute atomic E-state index is 12.2. The molecule has 2 heterocycles. The Balaban J connectivity index is 2.79. The molecule has 4 heteroatoms. The van der Waals surface area contributed by atoms with Crippen LogP contribution in [0, 0.1) is 0 Å². The lowest BCUT2D eigenvalue weighted by Crippen LogP contribution is -2.03. The molecule has 0 saturated carbocycles. The lowest BCUT2D eigenvalue weighted by molar-refractivity contribution is 1.33. The minimum Gasteiger partial charge on any atom is -0.321 e. The molecule has 17 heavy (non-hydrogen) atoms. The van der Waals surface area contributed by atoms with Crippen molar-refractivity contribution in [3.8, 4) is 0 Å². The molecule has 1 N–H and O–H groups in total.